The first-order valence-corrected chi connectivity index (χ1v) is 9.20. The number of hydrogen-bond donors (Lipinski definition) is 1. The van der Waals surface area contributed by atoms with Crippen LogP contribution >= 0.6 is 0 Å². The molecule has 6 nitrogen and oxygen atoms in total. The number of aliphatic hydroxyl groups is 1. The van der Waals surface area contributed by atoms with E-state index in [1.165, 1.54) is 10.4 Å². The van der Waals surface area contributed by atoms with E-state index < -0.39 is 10.0 Å². The minimum Gasteiger partial charge on any atom is -0.395 e. The molecule has 1 saturated heterocycles. The van der Waals surface area contributed by atoms with Gasteiger partial charge < -0.3 is 5.11 Å². The molecule has 126 valence electrons. The Morgan fingerprint density at radius 3 is 2.65 bits per heavy atom. The fourth-order valence-corrected chi connectivity index (χ4v) is 4.34. The van der Waals surface area contributed by atoms with Crippen molar-refractivity contribution in [2.24, 2.45) is 0 Å². The van der Waals surface area contributed by atoms with Gasteiger partial charge in [0.25, 0.3) is 0 Å². The van der Waals surface area contributed by atoms with Gasteiger partial charge in [0.05, 0.1) is 23.1 Å². The van der Waals surface area contributed by atoms with Crippen LogP contribution in [0.15, 0.2) is 23.1 Å². The van der Waals surface area contributed by atoms with Crippen LogP contribution in [-0.4, -0.2) is 61.6 Å². The molecular formula is C16H23N3O3S. The topological polar surface area (TPSA) is 84.6 Å². The second kappa shape index (κ2) is 7.41. The molecule has 1 aromatic carbocycles. The van der Waals surface area contributed by atoms with Crippen LogP contribution in [0.25, 0.3) is 0 Å². The van der Waals surface area contributed by atoms with E-state index in [-0.39, 0.29) is 17.5 Å². The highest BCUT2D eigenvalue weighted by Gasteiger charge is 2.28. The Kier molecular flexibility index (Phi) is 5.76. The van der Waals surface area contributed by atoms with Crippen LogP contribution in [0.1, 0.15) is 24.5 Å². The molecule has 0 aliphatic carbocycles. The average Bonchev–Trinajstić information content (AvgIpc) is 2.80. The quantitative estimate of drug-likeness (QED) is 0.884. The van der Waals surface area contributed by atoms with Crippen molar-refractivity contribution in [3.8, 4) is 6.07 Å². The fourth-order valence-electron chi connectivity index (χ4n) is 2.78. The van der Waals surface area contributed by atoms with E-state index in [1.54, 1.807) is 19.1 Å². The Morgan fingerprint density at radius 2 is 2.04 bits per heavy atom. The summed E-state index contributed by atoms with van der Waals surface area (Å²) in [6, 6.07) is 6.70. The molecule has 23 heavy (non-hydrogen) atoms. The van der Waals surface area contributed by atoms with Crippen LogP contribution in [0.4, 0.5) is 0 Å². The third kappa shape index (κ3) is 3.90. The van der Waals surface area contributed by atoms with Crippen molar-refractivity contribution in [3.05, 3.63) is 29.3 Å². The van der Waals surface area contributed by atoms with E-state index in [9.17, 15) is 13.5 Å². The van der Waals surface area contributed by atoms with Gasteiger partial charge in [-0.25, -0.2) is 8.42 Å². The van der Waals surface area contributed by atoms with Crippen molar-refractivity contribution in [2.75, 3.05) is 32.8 Å². The zero-order valence-corrected chi connectivity index (χ0v) is 14.4. The van der Waals surface area contributed by atoms with Crippen molar-refractivity contribution in [1.82, 2.24) is 9.21 Å². The number of sulfonamides is 1. The fraction of sp³-hybridized carbons (Fsp3) is 0.562. The lowest BCUT2D eigenvalue weighted by molar-refractivity contribution is 0.140. The first kappa shape index (κ1) is 17.9. The molecular weight excluding hydrogens is 314 g/mol. The average molecular weight is 337 g/mol. The molecule has 0 aromatic heterocycles. The highest BCUT2D eigenvalue weighted by Crippen LogP contribution is 2.21. The van der Waals surface area contributed by atoms with Crippen LogP contribution in [0.2, 0.25) is 0 Å². The van der Waals surface area contributed by atoms with Gasteiger partial charge in [-0.3, -0.25) is 4.90 Å². The molecule has 1 unspecified atom stereocenters. The lowest BCUT2D eigenvalue weighted by Gasteiger charge is -2.26. The van der Waals surface area contributed by atoms with Crippen molar-refractivity contribution >= 4 is 10.0 Å². The number of nitriles is 1. The summed E-state index contributed by atoms with van der Waals surface area (Å²) in [6.07, 6.45) is 0.735. The lowest BCUT2D eigenvalue weighted by Crippen LogP contribution is -2.39. The van der Waals surface area contributed by atoms with Crippen LogP contribution < -0.4 is 0 Å². The Morgan fingerprint density at radius 1 is 1.30 bits per heavy atom. The molecule has 0 spiro atoms. The zero-order chi connectivity index (χ0) is 17.0. The number of rotatable bonds is 4. The molecule has 1 aliphatic rings. The predicted molar refractivity (Wildman–Crippen MR) is 87.4 cm³/mol. The van der Waals surface area contributed by atoms with Gasteiger partial charge in [-0.15, -0.1) is 0 Å². The summed E-state index contributed by atoms with van der Waals surface area (Å²) in [5.41, 5.74) is 1.15. The minimum atomic E-state index is -3.55. The number of aliphatic hydroxyl groups excluding tert-OH is 1. The van der Waals surface area contributed by atoms with E-state index in [1.807, 2.05) is 13.0 Å². The van der Waals surface area contributed by atoms with Gasteiger partial charge >= 0.3 is 0 Å². The molecule has 2 rings (SSSR count). The maximum atomic E-state index is 12.8. The van der Waals surface area contributed by atoms with E-state index in [0.717, 1.165) is 13.0 Å². The van der Waals surface area contributed by atoms with Gasteiger partial charge in [0.1, 0.15) is 0 Å². The summed E-state index contributed by atoms with van der Waals surface area (Å²) in [6.45, 7) is 6.01. The van der Waals surface area contributed by atoms with Crippen molar-refractivity contribution in [1.29, 1.82) is 5.26 Å². The second-order valence-corrected chi connectivity index (χ2v) is 7.85. The first-order valence-electron chi connectivity index (χ1n) is 7.76. The van der Waals surface area contributed by atoms with Crippen LogP contribution in [0, 0.1) is 18.3 Å². The summed E-state index contributed by atoms with van der Waals surface area (Å²) >= 11 is 0. The molecule has 0 amide bonds. The number of aryl methyl sites for hydroxylation is 1. The largest absolute Gasteiger partial charge is 0.395 e. The Hall–Kier alpha value is -1.46. The van der Waals surface area contributed by atoms with E-state index >= 15 is 0 Å². The standard InChI is InChI=1S/C16H23N3O3S/c1-13-10-16(5-4-15(13)11-17)23(21,22)19-7-3-6-18(8-9-19)14(2)12-20/h4-5,10,14,20H,3,6-9,12H2,1-2H3. The lowest BCUT2D eigenvalue weighted by atomic mass is 10.1. The molecule has 1 aliphatic heterocycles. The van der Waals surface area contributed by atoms with Crippen molar-refractivity contribution < 1.29 is 13.5 Å². The maximum Gasteiger partial charge on any atom is 0.243 e. The van der Waals surface area contributed by atoms with Crippen LogP contribution in [-0.2, 0) is 10.0 Å². The van der Waals surface area contributed by atoms with E-state index in [0.29, 0.717) is 30.8 Å². The summed E-state index contributed by atoms with van der Waals surface area (Å²) in [5, 5.41) is 18.2. The molecule has 0 bridgehead atoms. The van der Waals surface area contributed by atoms with Gasteiger partial charge in [0.15, 0.2) is 0 Å². The minimum absolute atomic E-state index is 0.0369. The van der Waals surface area contributed by atoms with Gasteiger partial charge in [-0.05, 0) is 50.6 Å². The molecule has 7 heteroatoms. The van der Waals surface area contributed by atoms with Crippen LogP contribution in [0.3, 0.4) is 0 Å². The Balaban J connectivity index is 2.20. The van der Waals surface area contributed by atoms with Gasteiger partial charge in [0.2, 0.25) is 10.0 Å². The molecule has 1 heterocycles. The van der Waals surface area contributed by atoms with E-state index in [2.05, 4.69) is 4.90 Å². The van der Waals surface area contributed by atoms with Crippen LogP contribution in [0.5, 0.6) is 0 Å². The van der Waals surface area contributed by atoms with Crippen molar-refractivity contribution in [3.63, 3.8) is 0 Å². The molecule has 1 atom stereocenters. The first-order chi connectivity index (χ1) is 10.9. The Labute approximate surface area is 138 Å². The molecule has 0 saturated carbocycles. The SMILES string of the molecule is Cc1cc(S(=O)(=O)N2CCCN(C(C)CO)CC2)ccc1C#N. The molecule has 0 radical (unpaired) electrons. The van der Waals surface area contributed by atoms with Crippen molar-refractivity contribution in [2.45, 2.75) is 31.2 Å². The smallest absolute Gasteiger partial charge is 0.243 e. The van der Waals surface area contributed by atoms with Gasteiger partial charge in [-0.2, -0.15) is 9.57 Å². The maximum absolute atomic E-state index is 12.8. The summed E-state index contributed by atoms with van der Waals surface area (Å²) < 4.78 is 27.1. The van der Waals surface area contributed by atoms with E-state index in [4.69, 9.17) is 5.26 Å². The monoisotopic (exact) mass is 337 g/mol. The normalized spacial score (nSPS) is 19.0. The highest BCUT2D eigenvalue weighted by molar-refractivity contribution is 7.89. The summed E-state index contributed by atoms with van der Waals surface area (Å²) in [4.78, 5) is 2.34. The molecule has 1 aromatic rings. The predicted octanol–water partition coefficient (Wildman–Crippen LogP) is 0.944. The Bertz CT molecular complexity index is 697. The molecule has 1 N–H and O–H groups in total. The zero-order valence-electron chi connectivity index (χ0n) is 13.6. The second-order valence-electron chi connectivity index (χ2n) is 5.91. The third-order valence-electron chi connectivity index (χ3n) is 4.33. The summed E-state index contributed by atoms with van der Waals surface area (Å²) in [5.74, 6) is 0. The van der Waals surface area contributed by atoms with Gasteiger partial charge in [-0.1, -0.05) is 0 Å². The highest BCUT2D eigenvalue weighted by atomic mass is 32.2. The summed E-state index contributed by atoms with van der Waals surface area (Å²) in [7, 11) is -3.55. The number of hydrogen-bond acceptors (Lipinski definition) is 5. The number of benzene rings is 1. The molecule has 1 fully saturated rings. The third-order valence-corrected chi connectivity index (χ3v) is 6.23. The number of nitrogens with zero attached hydrogens (tertiary/aromatic N) is 3. The van der Waals surface area contributed by atoms with Gasteiger partial charge in [0, 0.05) is 25.7 Å².